The zero-order valence-electron chi connectivity index (χ0n) is 6.76. The lowest BCUT2D eigenvalue weighted by molar-refractivity contribution is -0.116. The molecule has 0 heterocycles. The van der Waals surface area contributed by atoms with Crippen molar-refractivity contribution in [1.82, 2.24) is 0 Å². The molecule has 0 aliphatic rings. The summed E-state index contributed by atoms with van der Waals surface area (Å²) in [4.78, 5) is 11.4. The summed E-state index contributed by atoms with van der Waals surface area (Å²) in [5.41, 5.74) is 0.364. The molecule has 1 nitrogen and oxygen atoms in total. The van der Waals surface area contributed by atoms with E-state index < -0.39 is 5.82 Å². The average molecular weight is 219 g/mol. The highest BCUT2D eigenvalue weighted by molar-refractivity contribution is 7.80. The van der Waals surface area contributed by atoms with Crippen LogP contribution in [0, 0.1) is 5.82 Å². The first kappa shape index (κ1) is 10.5. The highest BCUT2D eigenvalue weighted by Crippen LogP contribution is 2.13. The van der Waals surface area contributed by atoms with Crippen molar-refractivity contribution in [2.45, 2.75) is 11.3 Å². The molecule has 0 aliphatic heterocycles. The first-order valence-electron chi connectivity index (χ1n) is 3.68. The summed E-state index contributed by atoms with van der Waals surface area (Å²) in [6.07, 6.45) is 0.0450. The second kappa shape index (κ2) is 4.63. The number of hydrogen-bond donors (Lipinski definition) is 1. The smallest absolute Gasteiger partial charge is 0.152 e. The second-order valence-corrected chi connectivity index (χ2v) is 3.41. The Kier molecular flexibility index (Phi) is 3.75. The van der Waals surface area contributed by atoms with Crippen molar-refractivity contribution in [2.24, 2.45) is 0 Å². The van der Waals surface area contributed by atoms with E-state index in [0.29, 0.717) is 10.5 Å². The van der Waals surface area contributed by atoms with Gasteiger partial charge in [0.1, 0.15) is 5.82 Å². The van der Waals surface area contributed by atoms with Crippen molar-refractivity contribution in [2.75, 3.05) is 5.88 Å². The summed E-state index contributed by atoms with van der Waals surface area (Å²) in [6, 6.07) is 4.46. The van der Waals surface area contributed by atoms with Crippen LogP contribution in [0.4, 0.5) is 4.39 Å². The maximum Gasteiger partial charge on any atom is 0.152 e. The van der Waals surface area contributed by atoms with E-state index in [9.17, 15) is 9.18 Å². The zero-order chi connectivity index (χ0) is 9.84. The molecule has 0 saturated heterocycles. The van der Waals surface area contributed by atoms with E-state index in [1.54, 1.807) is 12.1 Å². The van der Waals surface area contributed by atoms with Gasteiger partial charge in [-0.1, -0.05) is 6.07 Å². The van der Waals surface area contributed by atoms with E-state index in [2.05, 4.69) is 12.6 Å². The third-order valence-electron chi connectivity index (χ3n) is 1.57. The number of benzene rings is 1. The molecule has 0 spiro atoms. The molecule has 0 N–H and O–H groups in total. The van der Waals surface area contributed by atoms with Gasteiger partial charge in [0.2, 0.25) is 0 Å². The summed E-state index contributed by atoms with van der Waals surface area (Å²) < 4.78 is 13.1. The third-order valence-corrected chi connectivity index (χ3v) is 2.15. The Labute approximate surface area is 86.3 Å². The van der Waals surface area contributed by atoms with Gasteiger partial charge in [-0.25, -0.2) is 4.39 Å². The van der Waals surface area contributed by atoms with Crippen LogP contribution in [0.15, 0.2) is 23.1 Å². The number of thiol groups is 1. The maximum atomic E-state index is 13.1. The van der Waals surface area contributed by atoms with Gasteiger partial charge in [-0.05, 0) is 17.7 Å². The predicted octanol–water partition coefficient (Wildman–Crippen LogP) is 2.46. The highest BCUT2D eigenvalue weighted by atomic mass is 35.5. The number of hydrogen-bond acceptors (Lipinski definition) is 2. The van der Waals surface area contributed by atoms with E-state index in [0.717, 1.165) is 0 Å². The van der Waals surface area contributed by atoms with Gasteiger partial charge < -0.3 is 0 Å². The summed E-state index contributed by atoms with van der Waals surface area (Å²) >= 11 is 9.26. The minimum Gasteiger partial charge on any atom is -0.298 e. The van der Waals surface area contributed by atoms with Crippen LogP contribution in [0.2, 0.25) is 0 Å². The van der Waals surface area contributed by atoms with E-state index in [1.807, 2.05) is 0 Å². The summed E-state index contributed by atoms with van der Waals surface area (Å²) in [5, 5.41) is 0. The van der Waals surface area contributed by atoms with Crippen molar-refractivity contribution < 1.29 is 9.18 Å². The van der Waals surface area contributed by atoms with Crippen LogP contribution in [0.1, 0.15) is 5.56 Å². The molecule has 0 aliphatic carbocycles. The lowest BCUT2D eigenvalue weighted by Gasteiger charge is -2.01. The number of Topliss-reactive ketones (excluding diaryl/α,β-unsaturated/α-hetero) is 1. The molecule has 0 bridgehead atoms. The molecule has 0 fully saturated rings. The van der Waals surface area contributed by atoms with Crippen LogP contribution < -0.4 is 0 Å². The summed E-state index contributed by atoms with van der Waals surface area (Å²) in [6.45, 7) is 0. The minimum atomic E-state index is -0.411. The predicted molar refractivity (Wildman–Crippen MR) is 53.1 cm³/mol. The molecule has 0 saturated carbocycles. The minimum absolute atomic E-state index is 0.0450. The molecular weight excluding hydrogens is 211 g/mol. The number of rotatable bonds is 3. The molecule has 0 amide bonds. The van der Waals surface area contributed by atoms with Crippen LogP contribution in [-0.4, -0.2) is 11.7 Å². The third kappa shape index (κ3) is 3.01. The van der Waals surface area contributed by atoms with E-state index in [4.69, 9.17) is 11.6 Å². The van der Waals surface area contributed by atoms with Gasteiger partial charge in [-0.3, -0.25) is 4.79 Å². The fraction of sp³-hybridized carbons (Fsp3) is 0.222. The van der Waals surface area contributed by atoms with Crippen molar-refractivity contribution >= 4 is 30.0 Å². The van der Waals surface area contributed by atoms with Crippen LogP contribution >= 0.6 is 24.2 Å². The van der Waals surface area contributed by atoms with Crippen molar-refractivity contribution in [3.8, 4) is 0 Å². The summed E-state index contributed by atoms with van der Waals surface area (Å²) in [7, 11) is 0. The van der Waals surface area contributed by atoms with Gasteiger partial charge in [-0.15, -0.1) is 24.2 Å². The van der Waals surface area contributed by atoms with Gasteiger partial charge in [0.15, 0.2) is 5.78 Å². The Morgan fingerprint density at radius 2 is 2.23 bits per heavy atom. The van der Waals surface area contributed by atoms with Gasteiger partial charge in [0.25, 0.3) is 0 Å². The Morgan fingerprint density at radius 1 is 1.54 bits per heavy atom. The average Bonchev–Trinajstić information content (AvgIpc) is 2.09. The number of carbonyl (C=O) groups excluding carboxylic acids is 1. The first-order chi connectivity index (χ1) is 6.13. The van der Waals surface area contributed by atoms with Crippen molar-refractivity contribution in [3.05, 3.63) is 29.6 Å². The van der Waals surface area contributed by atoms with Crippen LogP contribution in [-0.2, 0) is 11.2 Å². The fourth-order valence-corrected chi connectivity index (χ4v) is 1.22. The maximum absolute atomic E-state index is 13.1. The molecule has 0 unspecified atom stereocenters. The molecule has 0 atom stereocenters. The van der Waals surface area contributed by atoms with Crippen LogP contribution in [0.5, 0.6) is 0 Å². The lowest BCUT2D eigenvalue weighted by atomic mass is 10.1. The monoisotopic (exact) mass is 218 g/mol. The fourth-order valence-electron chi connectivity index (χ4n) is 0.939. The van der Waals surface area contributed by atoms with E-state index >= 15 is 0 Å². The van der Waals surface area contributed by atoms with Gasteiger partial charge >= 0.3 is 0 Å². The van der Waals surface area contributed by atoms with Crippen LogP contribution in [0.3, 0.4) is 0 Å². The number of carbonyl (C=O) groups is 1. The largest absolute Gasteiger partial charge is 0.298 e. The molecular formula is C9H8ClFOS. The Bertz CT molecular complexity index is 327. The highest BCUT2D eigenvalue weighted by Gasteiger charge is 2.06. The standard InChI is InChI=1S/C9H8ClFOS/c10-5-7(12)3-6-1-2-8(13)4-9(6)11/h1-2,4,13H,3,5H2. The molecule has 1 rings (SSSR count). The van der Waals surface area contributed by atoms with Gasteiger partial charge in [-0.2, -0.15) is 0 Å². The number of alkyl halides is 1. The molecule has 13 heavy (non-hydrogen) atoms. The second-order valence-electron chi connectivity index (χ2n) is 2.62. The molecule has 0 aromatic heterocycles. The van der Waals surface area contributed by atoms with E-state index in [-0.39, 0.29) is 18.1 Å². The molecule has 4 heteroatoms. The van der Waals surface area contributed by atoms with Gasteiger partial charge in [0, 0.05) is 11.3 Å². The molecule has 70 valence electrons. The Balaban J connectivity index is 2.83. The molecule has 1 aromatic rings. The van der Waals surface area contributed by atoms with Crippen molar-refractivity contribution in [3.63, 3.8) is 0 Å². The lowest BCUT2D eigenvalue weighted by Crippen LogP contribution is -2.05. The number of ketones is 1. The molecule has 0 radical (unpaired) electrons. The topological polar surface area (TPSA) is 17.1 Å². The van der Waals surface area contributed by atoms with Crippen molar-refractivity contribution in [1.29, 1.82) is 0 Å². The number of halogens is 2. The Morgan fingerprint density at radius 3 is 2.77 bits per heavy atom. The van der Waals surface area contributed by atoms with E-state index in [1.165, 1.54) is 6.07 Å². The Hall–Kier alpha value is -0.540. The SMILES string of the molecule is O=C(CCl)Cc1ccc(S)cc1F. The first-order valence-corrected chi connectivity index (χ1v) is 4.66. The summed E-state index contributed by atoms with van der Waals surface area (Å²) in [5.74, 6) is -0.680. The van der Waals surface area contributed by atoms with Crippen LogP contribution in [0.25, 0.3) is 0 Å². The normalized spacial score (nSPS) is 10.1. The zero-order valence-corrected chi connectivity index (χ0v) is 8.41. The van der Waals surface area contributed by atoms with Gasteiger partial charge in [0.05, 0.1) is 5.88 Å². The quantitative estimate of drug-likeness (QED) is 0.609. The molecule has 1 aromatic carbocycles.